The Morgan fingerprint density at radius 3 is 2.60 bits per heavy atom. The Kier molecular flexibility index (Phi) is 8.64. The minimum atomic E-state index is -2.58. The lowest BCUT2D eigenvalue weighted by Gasteiger charge is -2.25. The molecule has 0 aromatic carbocycles. The molecule has 0 fully saturated rings. The van der Waals surface area contributed by atoms with E-state index in [4.69, 9.17) is 4.74 Å². The lowest BCUT2D eigenvalue weighted by molar-refractivity contribution is -0.135. The maximum absolute atomic E-state index is 12.6. The van der Waals surface area contributed by atoms with Crippen LogP contribution in [-0.2, 0) is 11.3 Å². The second kappa shape index (κ2) is 11.2. The number of hydrogen-bond donors (Lipinski definition) is 1. The molecule has 7 nitrogen and oxygen atoms in total. The SMILES string of the molecule is Cc1nc(OCC(F)F)ccc1CN(CCNC(=O)c1cccnc1)C(=O)C(C)C. The van der Waals surface area contributed by atoms with Crippen molar-refractivity contribution in [3.63, 3.8) is 0 Å². The molecule has 0 aliphatic rings. The van der Waals surface area contributed by atoms with E-state index < -0.39 is 13.0 Å². The van der Waals surface area contributed by atoms with E-state index in [1.807, 2.05) is 0 Å². The second-order valence-corrected chi connectivity index (χ2v) is 7.01. The van der Waals surface area contributed by atoms with Gasteiger partial charge in [-0.25, -0.2) is 13.8 Å². The minimum absolute atomic E-state index is 0.0666. The zero-order valence-electron chi connectivity index (χ0n) is 17.3. The predicted molar refractivity (Wildman–Crippen MR) is 107 cm³/mol. The molecule has 0 bridgehead atoms. The number of halogens is 2. The number of nitrogens with zero attached hydrogens (tertiary/aromatic N) is 3. The predicted octanol–water partition coefficient (Wildman–Crippen LogP) is 2.84. The summed E-state index contributed by atoms with van der Waals surface area (Å²) in [4.78, 5) is 34.5. The van der Waals surface area contributed by atoms with E-state index in [-0.39, 0.29) is 36.7 Å². The molecule has 0 aliphatic carbocycles. The molecule has 2 aromatic heterocycles. The quantitative estimate of drug-likeness (QED) is 0.639. The zero-order valence-corrected chi connectivity index (χ0v) is 17.3. The molecule has 9 heteroatoms. The van der Waals surface area contributed by atoms with Crippen LogP contribution in [0, 0.1) is 12.8 Å². The minimum Gasteiger partial charge on any atom is -0.472 e. The fourth-order valence-corrected chi connectivity index (χ4v) is 2.70. The highest BCUT2D eigenvalue weighted by Gasteiger charge is 2.19. The number of hydrogen-bond acceptors (Lipinski definition) is 5. The number of pyridine rings is 2. The van der Waals surface area contributed by atoms with E-state index in [1.54, 1.807) is 50.1 Å². The largest absolute Gasteiger partial charge is 0.472 e. The van der Waals surface area contributed by atoms with E-state index in [2.05, 4.69) is 15.3 Å². The van der Waals surface area contributed by atoms with Crippen LogP contribution in [0.25, 0.3) is 0 Å². The number of amides is 2. The third-order valence-electron chi connectivity index (χ3n) is 4.28. The van der Waals surface area contributed by atoms with Gasteiger partial charge in [-0.15, -0.1) is 0 Å². The highest BCUT2D eigenvalue weighted by Crippen LogP contribution is 2.16. The molecule has 0 saturated carbocycles. The molecule has 1 N–H and O–H groups in total. The van der Waals surface area contributed by atoms with Crippen molar-refractivity contribution in [1.29, 1.82) is 0 Å². The molecule has 0 atom stereocenters. The third kappa shape index (κ3) is 7.06. The smallest absolute Gasteiger partial charge is 0.272 e. The molecule has 2 aromatic rings. The summed E-state index contributed by atoms with van der Waals surface area (Å²) in [5, 5.41) is 2.78. The topological polar surface area (TPSA) is 84.4 Å². The first-order chi connectivity index (χ1) is 14.3. The van der Waals surface area contributed by atoms with Gasteiger partial charge in [-0.05, 0) is 24.6 Å². The van der Waals surface area contributed by atoms with Crippen molar-refractivity contribution in [3.8, 4) is 5.88 Å². The maximum atomic E-state index is 12.6. The fourth-order valence-electron chi connectivity index (χ4n) is 2.70. The van der Waals surface area contributed by atoms with E-state index in [0.717, 1.165) is 5.56 Å². The van der Waals surface area contributed by atoms with Gasteiger partial charge < -0.3 is 15.0 Å². The number of rotatable bonds is 10. The highest BCUT2D eigenvalue weighted by atomic mass is 19.3. The number of carbonyl (C=O) groups is 2. The number of alkyl halides is 2. The molecule has 2 rings (SSSR count). The van der Waals surface area contributed by atoms with Crippen molar-refractivity contribution in [2.75, 3.05) is 19.7 Å². The Balaban J connectivity index is 2.01. The summed E-state index contributed by atoms with van der Waals surface area (Å²) in [5.41, 5.74) is 1.80. The first kappa shape index (κ1) is 23.2. The van der Waals surface area contributed by atoms with Crippen molar-refractivity contribution in [1.82, 2.24) is 20.2 Å². The summed E-state index contributed by atoms with van der Waals surface area (Å²) in [6.07, 6.45) is 0.479. The molecular weight excluding hydrogens is 394 g/mol. The van der Waals surface area contributed by atoms with Crippen molar-refractivity contribution in [2.24, 2.45) is 5.92 Å². The summed E-state index contributed by atoms with van der Waals surface area (Å²) in [6.45, 7) is 5.48. The van der Waals surface area contributed by atoms with Crippen LogP contribution in [-0.4, -0.2) is 52.8 Å². The molecule has 162 valence electrons. The Morgan fingerprint density at radius 1 is 1.23 bits per heavy atom. The van der Waals surface area contributed by atoms with Gasteiger partial charge in [0.05, 0.1) is 5.56 Å². The third-order valence-corrected chi connectivity index (χ3v) is 4.28. The Labute approximate surface area is 174 Å². The van der Waals surface area contributed by atoms with Crippen LogP contribution in [0.3, 0.4) is 0 Å². The normalized spacial score (nSPS) is 10.9. The summed E-state index contributed by atoms with van der Waals surface area (Å²) < 4.78 is 29.5. The standard InChI is InChI=1S/C21H26F2N4O3/c1-14(2)21(29)27(10-9-25-20(28)16-5-4-8-24-11-16)12-17-6-7-19(26-15(17)3)30-13-18(22)23/h4-8,11,14,18H,9-10,12-13H2,1-3H3,(H,25,28). The van der Waals surface area contributed by atoms with Crippen molar-refractivity contribution in [3.05, 3.63) is 53.5 Å². The first-order valence-corrected chi connectivity index (χ1v) is 9.62. The second-order valence-electron chi connectivity index (χ2n) is 7.01. The zero-order chi connectivity index (χ0) is 22.1. The molecule has 30 heavy (non-hydrogen) atoms. The summed E-state index contributed by atoms with van der Waals surface area (Å²) in [6, 6.07) is 6.55. The van der Waals surface area contributed by atoms with E-state index in [9.17, 15) is 18.4 Å². The van der Waals surface area contributed by atoms with E-state index in [1.165, 1.54) is 12.3 Å². The van der Waals surface area contributed by atoms with Crippen LogP contribution in [0.4, 0.5) is 8.78 Å². The van der Waals surface area contributed by atoms with Crippen molar-refractivity contribution >= 4 is 11.8 Å². The molecule has 2 heterocycles. The molecular formula is C21H26F2N4O3. The van der Waals surface area contributed by atoms with Gasteiger partial charge in [0, 0.05) is 49.7 Å². The van der Waals surface area contributed by atoms with Crippen molar-refractivity contribution in [2.45, 2.75) is 33.7 Å². The fraction of sp³-hybridized carbons (Fsp3) is 0.429. The molecule has 0 radical (unpaired) electrons. The molecule has 2 amide bonds. The van der Waals surface area contributed by atoms with Crippen molar-refractivity contribution < 1.29 is 23.1 Å². The lowest BCUT2D eigenvalue weighted by atomic mass is 10.1. The Hall–Kier alpha value is -3.10. The molecule has 0 saturated heterocycles. The molecule has 0 aliphatic heterocycles. The number of aromatic nitrogens is 2. The van der Waals surface area contributed by atoms with Crippen LogP contribution in [0.5, 0.6) is 5.88 Å². The van der Waals surface area contributed by atoms with Gasteiger partial charge in [0.25, 0.3) is 12.3 Å². The number of aryl methyl sites for hydroxylation is 1. The maximum Gasteiger partial charge on any atom is 0.272 e. The van der Waals surface area contributed by atoms with Gasteiger partial charge >= 0.3 is 0 Å². The van der Waals surface area contributed by atoms with Gasteiger partial charge in [-0.2, -0.15) is 0 Å². The van der Waals surface area contributed by atoms with Crippen LogP contribution in [0.1, 0.15) is 35.5 Å². The lowest BCUT2D eigenvalue weighted by Crippen LogP contribution is -2.40. The van der Waals surface area contributed by atoms with Gasteiger partial charge in [-0.1, -0.05) is 19.9 Å². The van der Waals surface area contributed by atoms with Crippen LogP contribution >= 0.6 is 0 Å². The average Bonchev–Trinajstić information content (AvgIpc) is 2.72. The van der Waals surface area contributed by atoms with Crippen LogP contribution in [0.2, 0.25) is 0 Å². The molecule has 0 spiro atoms. The van der Waals surface area contributed by atoms with Gasteiger partial charge in [0.1, 0.15) is 0 Å². The summed E-state index contributed by atoms with van der Waals surface area (Å²) in [7, 11) is 0. The number of carbonyl (C=O) groups excluding carboxylic acids is 2. The van der Waals surface area contributed by atoms with Gasteiger partial charge in [0.15, 0.2) is 6.61 Å². The number of ether oxygens (including phenoxy) is 1. The van der Waals surface area contributed by atoms with E-state index in [0.29, 0.717) is 17.8 Å². The highest BCUT2D eigenvalue weighted by molar-refractivity contribution is 5.93. The number of nitrogens with one attached hydrogen (secondary N) is 1. The summed E-state index contributed by atoms with van der Waals surface area (Å²) >= 11 is 0. The molecule has 0 unspecified atom stereocenters. The van der Waals surface area contributed by atoms with E-state index >= 15 is 0 Å². The first-order valence-electron chi connectivity index (χ1n) is 9.62. The van der Waals surface area contributed by atoms with Crippen LogP contribution < -0.4 is 10.1 Å². The Morgan fingerprint density at radius 2 is 2.00 bits per heavy atom. The van der Waals surface area contributed by atoms with Crippen LogP contribution in [0.15, 0.2) is 36.7 Å². The van der Waals surface area contributed by atoms with Gasteiger partial charge in [0.2, 0.25) is 11.8 Å². The average molecular weight is 420 g/mol. The Bertz CT molecular complexity index is 847. The summed E-state index contributed by atoms with van der Waals surface area (Å²) in [5.74, 6) is -0.440. The van der Waals surface area contributed by atoms with Gasteiger partial charge in [-0.3, -0.25) is 14.6 Å². The monoisotopic (exact) mass is 420 g/mol.